The molecule has 0 aromatic carbocycles. The number of sulfonamides is 1. The lowest BCUT2D eigenvalue weighted by Gasteiger charge is -2.20. The van der Waals surface area contributed by atoms with Crippen molar-refractivity contribution in [1.29, 1.82) is 0 Å². The van der Waals surface area contributed by atoms with Crippen LogP contribution in [-0.4, -0.2) is 56.3 Å². The summed E-state index contributed by atoms with van der Waals surface area (Å²) in [4.78, 5) is 12.5. The number of carboxylic acids is 1. The van der Waals surface area contributed by atoms with Gasteiger partial charge >= 0.3 is 5.97 Å². The molecule has 0 fully saturated rings. The van der Waals surface area contributed by atoms with Crippen LogP contribution in [0.25, 0.3) is 0 Å². The first-order valence-electron chi connectivity index (χ1n) is 6.64. The van der Waals surface area contributed by atoms with Crippen molar-refractivity contribution in [2.75, 3.05) is 25.9 Å². The summed E-state index contributed by atoms with van der Waals surface area (Å²) in [7, 11) is -1.28. The van der Waals surface area contributed by atoms with E-state index in [2.05, 4.69) is 23.5 Å². The molecule has 2 N–H and O–H groups in total. The molecular weight excluding hydrogens is 268 g/mol. The summed E-state index contributed by atoms with van der Waals surface area (Å²) in [5.74, 6) is -1.09. The first-order chi connectivity index (χ1) is 8.74. The number of carboxylic acid groups (broad SMARTS) is 1. The molecule has 7 heteroatoms. The summed E-state index contributed by atoms with van der Waals surface area (Å²) in [6.07, 6.45) is 1.77. The Hall–Kier alpha value is -0.660. The molecule has 0 radical (unpaired) electrons. The summed E-state index contributed by atoms with van der Waals surface area (Å²) in [6.45, 7) is 5.59. The van der Waals surface area contributed by atoms with Gasteiger partial charge in [-0.3, -0.25) is 4.79 Å². The zero-order valence-corrected chi connectivity index (χ0v) is 12.9. The van der Waals surface area contributed by atoms with Crippen molar-refractivity contribution in [2.45, 2.75) is 45.6 Å². The lowest BCUT2D eigenvalue weighted by atomic mass is 10.2. The van der Waals surface area contributed by atoms with Gasteiger partial charge in [-0.25, -0.2) is 13.1 Å². The second-order valence-electron chi connectivity index (χ2n) is 4.99. The van der Waals surface area contributed by atoms with Crippen molar-refractivity contribution in [3.8, 4) is 0 Å². The second-order valence-corrected chi connectivity index (χ2v) is 6.92. The van der Waals surface area contributed by atoms with Crippen molar-refractivity contribution < 1.29 is 18.3 Å². The van der Waals surface area contributed by atoms with Crippen LogP contribution in [0.5, 0.6) is 0 Å². The van der Waals surface area contributed by atoms with Crippen molar-refractivity contribution in [3.05, 3.63) is 0 Å². The van der Waals surface area contributed by atoms with Gasteiger partial charge in [0.1, 0.15) is 0 Å². The first-order valence-corrected chi connectivity index (χ1v) is 8.29. The minimum atomic E-state index is -3.32. The predicted molar refractivity (Wildman–Crippen MR) is 75.7 cm³/mol. The van der Waals surface area contributed by atoms with E-state index in [1.54, 1.807) is 0 Å². The van der Waals surface area contributed by atoms with E-state index >= 15 is 0 Å². The van der Waals surface area contributed by atoms with E-state index in [1.807, 2.05) is 7.05 Å². The second kappa shape index (κ2) is 9.28. The van der Waals surface area contributed by atoms with Crippen molar-refractivity contribution in [1.82, 2.24) is 9.62 Å². The van der Waals surface area contributed by atoms with Gasteiger partial charge in [0.15, 0.2) is 0 Å². The standard InChI is InChI=1S/C12H26N2O4S/c1-11(2)14(3)9-5-4-8-13-19(17,18)10-6-7-12(15)16/h11,13H,4-10H2,1-3H3,(H,15,16). The maximum atomic E-state index is 11.5. The van der Waals surface area contributed by atoms with Gasteiger partial charge in [-0.15, -0.1) is 0 Å². The summed E-state index contributed by atoms with van der Waals surface area (Å²) < 4.78 is 25.5. The minimum Gasteiger partial charge on any atom is -0.481 e. The Morgan fingerprint density at radius 1 is 1.26 bits per heavy atom. The third-order valence-corrected chi connectivity index (χ3v) is 4.41. The molecule has 0 aromatic rings. The van der Waals surface area contributed by atoms with Gasteiger partial charge in [0.2, 0.25) is 10.0 Å². The average molecular weight is 294 g/mol. The van der Waals surface area contributed by atoms with Gasteiger partial charge in [-0.1, -0.05) is 0 Å². The van der Waals surface area contributed by atoms with Crippen LogP contribution in [0.15, 0.2) is 0 Å². The molecule has 19 heavy (non-hydrogen) atoms. The zero-order chi connectivity index (χ0) is 14.9. The van der Waals surface area contributed by atoms with Gasteiger partial charge in [0.05, 0.1) is 5.75 Å². The molecule has 0 unspecified atom stereocenters. The normalized spacial score (nSPS) is 12.3. The molecule has 0 saturated heterocycles. The van der Waals surface area contributed by atoms with Crippen molar-refractivity contribution >= 4 is 16.0 Å². The van der Waals surface area contributed by atoms with Gasteiger partial charge in [0.25, 0.3) is 0 Å². The van der Waals surface area contributed by atoms with Crippen LogP contribution in [0.4, 0.5) is 0 Å². The molecule has 0 saturated carbocycles. The molecule has 0 aliphatic rings. The number of aliphatic carboxylic acids is 1. The Morgan fingerprint density at radius 2 is 1.89 bits per heavy atom. The quantitative estimate of drug-likeness (QED) is 0.553. The highest BCUT2D eigenvalue weighted by Gasteiger charge is 2.10. The van der Waals surface area contributed by atoms with E-state index in [4.69, 9.17) is 5.11 Å². The maximum absolute atomic E-state index is 11.5. The topological polar surface area (TPSA) is 86.7 Å². The molecule has 0 heterocycles. The Bertz CT molecular complexity index is 355. The Morgan fingerprint density at radius 3 is 2.42 bits per heavy atom. The summed E-state index contributed by atoms with van der Waals surface area (Å²) in [5, 5.41) is 8.43. The highest BCUT2D eigenvalue weighted by atomic mass is 32.2. The fraction of sp³-hybridized carbons (Fsp3) is 0.917. The van der Waals surface area contributed by atoms with Gasteiger partial charge in [-0.2, -0.15) is 0 Å². The fourth-order valence-corrected chi connectivity index (χ4v) is 2.58. The largest absolute Gasteiger partial charge is 0.481 e. The molecule has 0 amide bonds. The van der Waals surface area contributed by atoms with E-state index in [-0.39, 0.29) is 18.6 Å². The van der Waals surface area contributed by atoms with E-state index in [9.17, 15) is 13.2 Å². The fourth-order valence-electron chi connectivity index (χ4n) is 1.46. The number of rotatable bonds is 11. The van der Waals surface area contributed by atoms with E-state index in [0.717, 1.165) is 19.4 Å². The molecule has 0 aliphatic heterocycles. The summed E-state index contributed by atoms with van der Waals surface area (Å²) in [6, 6.07) is 0.493. The van der Waals surface area contributed by atoms with E-state index in [1.165, 1.54) is 0 Å². The zero-order valence-electron chi connectivity index (χ0n) is 12.1. The molecule has 0 atom stereocenters. The number of carbonyl (C=O) groups is 1. The van der Waals surface area contributed by atoms with Crippen LogP contribution in [0, 0.1) is 0 Å². The third-order valence-electron chi connectivity index (χ3n) is 2.94. The van der Waals surface area contributed by atoms with Crippen molar-refractivity contribution in [3.63, 3.8) is 0 Å². The molecule has 0 rings (SSSR count). The molecule has 0 aliphatic carbocycles. The monoisotopic (exact) mass is 294 g/mol. The van der Waals surface area contributed by atoms with Crippen LogP contribution in [0.1, 0.15) is 39.5 Å². The lowest BCUT2D eigenvalue weighted by molar-refractivity contribution is -0.137. The summed E-state index contributed by atoms with van der Waals surface area (Å²) >= 11 is 0. The molecular formula is C12H26N2O4S. The number of unbranched alkanes of at least 4 members (excludes halogenated alkanes) is 1. The van der Waals surface area contributed by atoms with E-state index in [0.29, 0.717) is 12.6 Å². The Kier molecular flexibility index (Phi) is 8.95. The smallest absolute Gasteiger partial charge is 0.303 e. The molecule has 0 aromatic heterocycles. The Balaban J connectivity index is 3.67. The van der Waals surface area contributed by atoms with Crippen molar-refractivity contribution in [2.24, 2.45) is 0 Å². The minimum absolute atomic E-state index is 0.111. The van der Waals surface area contributed by atoms with Crippen LogP contribution in [0.2, 0.25) is 0 Å². The van der Waals surface area contributed by atoms with Crippen LogP contribution >= 0.6 is 0 Å². The highest BCUT2D eigenvalue weighted by molar-refractivity contribution is 7.89. The van der Waals surface area contributed by atoms with E-state index < -0.39 is 16.0 Å². The number of hydrogen-bond acceptors (Lipinski definition) is 4. The van der Waals surface area contributed by atoms with Gasteiger partial charge in [0, 0.05) is 19.0 Å². The number of nitrogens with one attached hydrogen (secondary N) is 1. The van der Waals surface area contributed by atoms with Crippen LogP contribution in [-0.2, 0) is 14.8 Å². The number of hydrogen-bond donors (Lipinski definition) is 2. The molecule has 0 spiro atoms. The molecule has 0 bridgehead atoms. The average Bonchev–Trinajstić information content (AvgIpc) is 2.27. The predicted octanol–water partition coefficient (Wildman–Crippen LogP) is 0.891. The maximum Gasteiger partial charge on any atom is 0.303 e. The van der Waals surface area contributed by atoms with Crippen LogP contribution in [0.3, 0.4) is 0 Å². The highest BCUT2D eigenvalue weighted by Crippen LogP contribution is 1.99. The van der Waals surface area contributed by atoms with Gasteiger partial charge < -0.3 is 10.0 Å². The van der Waals surface area contributed by atoms with Crippen LogP contribution < -0.4 is 4.72 Å². The third kappa shape index (κ3) is 10.9. The SMILES string of the molecule is CC(C)N(C)CCCCNS(=O)(=O)CCCC(=O)O. The lowest BCUT2D eigenvalue weighted by Crippen LogP contribution is -2.30. The number of nitrogens with zero attached hydrogens (tertiary/aromatic N) is 1. The summed E-state index contributed by atoms with van der Waals surface area (Å²) in [5.41, 5.74) is 0. The molecule has 6 nitrogen and oxygen atoms in total. The first kappa shape index (κ1) is 18.3. The van der Waals surface area contributed by atoms with Gasteiger partial charge in [-0.05, 0) is 46.7 Å². The Labute approximate surface area is 116 Å². The molecule has 114 valence electrons.